The monoisotopic (exact) mass is 424 g/mol. The van der Waals surface area contributed by atoms with Crippen molar-refractivity contribution in [2.24, 2.45) is 0 Å². The highest BCUT2D eigenvalue weighted by molar-refractivity contribution is 5.87. The molecule has 1 N–H and O–H groups in total. The number of rotatable bonds is 10. The Labute approximate surface area is 184 Å². The Kier molecular flexibility index (Phi) is 7.93. The molecule has 2 aromatic rings. The van der Waals surface area contributed by atoms with E-state index in [2.05, 4.69) is 12.2 Å². The summed E-state index contributed by atoms with van der Waals surface area (Å²) in [5.74, 6) is 1.28. The van der Waals surface area contributed by atoms with E-state index in [4.69, 9.17) is 9.47 Å². The average molecular weight is 425 g/mol. The van der Waals surface area contributed by atoms with Crippen LogP contribution in [0.4, 0.5) is 0 Å². The Morgan fingerprint density at radius 2 is 1.77 bits per heavy atom. The van der Waals surface area contributed by atoms with E-state index in [9.17, 15) is 9.59 Å². The third-order valence-corrected chi connectivity index (χ3v) is 5.53. The molecule has 0 aromatic heterocycles. The number of hydrogen-bond donors (Lipinski definition) is 1. The summed E-state index contributed by atoms with van der Waals surface area (Å²) in [7, 11) is 0. The minimum Gasteiger partial charge on any atom is -0.454 e. The first kappa shape index (κ1) is 22.7. The summed E-state index contributed by atoms with van der Waals surface area (Å²) < 4.78 is 10.8. The van der Waals surface area contributed by atoms with Crippen LogP contribution in [0.25, 0.3) is 0 Å². The van der Waals surface area contributed by atoms with E-state index in [0.717, 1.165) is 35.3 Å². The van der Waals surface area contributed by atoms with Crippen molar-refractivity contribution in [1.82, 2.24) is 10.2 Å². The first-order valence-electron chi connectivity index (χ1n) is 11.0. The predicted octanol–water partition coefficient (Wildman–Crippen LogP) is 3.99. The summed E-state index contributed by atoms with van der Waals surface area (Å²) in [5, 5.41) is 2.95. The van der Waals surface area contributed by atoms with Crippen LogP contribution in [0, 0.1) is 6.92 Å². The molecule has 0 fully saturated rings. The zero-order valence-corrected chi connectivity index (χ0v) is 18.6. The van der Waals surface area contributed by atoms with Crippen LogP contribution in [0.5, 0.6) is 11.5 Å². The maximum Gasteiger partial charge on any atom is 0.242 e. The fourth-order valence-corrected chi connectivity index (χ4v) is 3.50. The Bertz CT molecular complexity index is 895. The van der Waals surface area contributed by atoms with Crippen LogP contribution in [-0.2, 0) is 22.6 Å². The number of hydrogen-bond acceptors (Lipinski definition) is 4. The number of aryl methyl sites for hydroxylation is 2. The van der Waals surface area contributed by atoms with Gasteiger partial charge in [-0.05, 0) is 49.9 Å². The topological polar surface area (TPSA) is 67.9 Å². The third-order valence-electron chi connectivity index (χ3n) is 5.53. The van der Waals surface area contributed by atoms with Gasteiger partial charge in [0.05, 0.1) is 0 Å². The van der Waals surface area contributed by atoms with Crippen LogP contribution in [0.1, 0.15) is 49.8 Å². The fourth-order valence-electron chi connectivity index (χ4n) is 3.50. The molecule has 6 heteroatoms. The van der Waals surface area contributed by atoms with Crippen molar-refractivity contribution in [3.8, 4) is 11.5 Å². The van der Waals surface area contributed by atoms with E-state index in [1.165, 1.54) is 0 Å². The van der Waals surface area contributed by atoms with Crippen molar-refractivity contribution >= 4 is 11.8 Å². The number of nitrogens with zero attached hydrogens (tertiary/aromatic N) is 1. The molecule has 2 amide bonds. The van der Waals surface area contributed by atoms with Crippen LogP contribution < -0.4 is 14.8 Å². The molecule has 1 heterocycles. The number of fused-ring (bicyclic) bond motifs is 1. The van der Waals surface area contributed by atoms with Gasteiger partial charge in [0.25, 0.3) is 0 Å². The zero-order valence-electron chi connectivity index (χ0n) is 18.6. The first-order valence-corrected chi connectivity index (χ1v) is 11.0. The molecular weight excluding hydrogens is 392 g/mol. The van der Waals surface area contributed by atoms with Gasteiger partial charge in [-0.15, -0.1) is 0 Å². The summed E-state index contributed by atoms with van der Waals surface area (Å²) in [6, 6.07) is 13.3. The van der Waals surface area contributed by atoms with E-state index < -0.39 is 6.04 Å². The van der Waals surface area contributed by atoms with Gasteiger partial charge >= 0.3 is 0 Å². The van der Waals surface area contributed by atoms with E-state index in [-0.39, 0.29) is 18.6 Å². The predicted molar refractivity (Wildman–Crippen MR) is 120 cm³/mol. The second-order valence-electron chi connectivity index (χ2n) is 8.02. The molecule has 3 rings (SSSR count). The summed E-state index contributed by atoms with van der Waals surface area (Å²) in [5.41, 5.74) is 3.18. The van der Waals surface area contributed by atoms with Gasteiger partial charge in [0.2, 0.25) is 18.6 Å². The van der Waals surface area contributed by atoms with E-state index in [1.54, 1.807) is 11.8 Å². The number of carbonyl (C=O) groups is 2. The molecule has 0 unspecified atom stereocenters. The molecular formula is C25H32N2O4. The van der Waals surface area contributed by atoms with Crippen molar-refractivity contribution in [3.63, 3.8) is 0 Å². The molecule has 0 saturated heterocycles. The standard InChI is InChI=1S/C25H32N2O4/c1-4-5-14-26-25(29)19(3)27(16-21-8-6-18(2)7-9-21)24(28)13-11-20-10-12-22-23(15-20)31-17-30-22/h6-10,12,15,19H,4-5,11,13-14,16-17H2,1-3H3,(H,26,29)/t19-/m1/s1. The summed E-state index contributed by atoms with van der Waals surface area (Å²) in [6.07, 6.45) is 2.83. The van der Waals surface area contributed by atoms with Crippen molar-refractivity contribution in [3.05, 3.63) is 59.2 Å². The second kappa shape index (κ2) is 10.8. The molecule has 6 nitrogen and oxygen atoms in total. The highest BCUT2D eigenvalue weighted by Crippen LogP contribution is 2.32. The van der Waals surface area contributed by atoms with Crippen LogP contribution in [0.2, 0.25) is 0 Å². The SMILES string of the molecule is CCCCNC(=O)[C@@H](C)N(Cc1ccc(C)cc1)C(=O)CCc1ccc2c(c1)OCO2. The molecule has 0 radical (unpaired) electrons. The van der Waals surface area contributed by atoms with Gasteiger partial charge < -0.3 is 19.7 Å². The smallest absolute Gasteiger partial charge is 0.242 e. The Hall–Kier alpha value is -3.02. The largest absolute Gasteiger partial charge is 0.454 e. The lowest BCUT2D eigenvalue weighted by Crippen LogP contribution is -2.47. The summed E-state index contributed by atoms with van der Waals surface area (Å²) in [6.45, 7) is 7.17. The molecule has 0 aliphatic carbocycles. The van der Waals surface area contributed by atoms with E-state index in [1.807, 2.05) is 49.4 Å². The zero-order chi connectivity index (χ0) is 22.2. The lowest BCUT2D eigenvalue weighted by atomic mass is 10.1. The fraction of sp³-hybridized carbons (Fsp3) is 0.440. The van der Waals surface area contributed by atoms with Gasteiger partial charge in [0.15, 0.2) is 11.5 Å². The maximum absolute atomic E-state index is 13.2. The van der Waals surface area contributed by atoms with Crippen LogP contribution in [-0.4, -0.2) is 36.1 Å². The van der Waals surface area contributed by atoms with Gasteiger partial charge in [-0.2, -0.15) is 0 Å². The minimum atomic E-state index is -0.539. The molecule has 2 aromatic carbocycles. The third kappa shape index (κ3) is 6.23. The molecule has 1 aliphatic rings. The van der Waals surface area contributed by atoms with Gasteiger partial charge in [0.1, 0.15) is 6.04 Å². The molecule has 1 aliphatic heterocycles. The molecule has 0 spiro atoms. The lowest BCUT2D eigenvalue weighted by Gasteiger charge is -2.29. The van der Waals surface area contributed by atoms with Crippen molar-refractivity contribution in [2.75, 3.05) is 13.3 Å². The molecule has 0 saturated carbocycles. The van der Waals surface area contributed by atoms with Crippen LogP contribution in [0.3, 0.4) is 0 Å². The first-order chi connectivity index (χ1) is 15.0. The number of ether oxygens (including phenoxy) is 2. The molecule has 166 valence electrons. The van der Waals surface area contributed by atoms with Crippen LogP contribution in [0.15, 0.2) is 42.5 Å². The number of nitrogens with one attached hydrogen (secondary N) is 1. The van der Waals surface area contributed by atoms with E-state index >= 15 is 0 Å². The number of carbonyl (C=O) groups excluding carboxylic acids is 2. The van der Waals surface area contributed by atoms with Gasteiger partial charge in [-0.3, -0.25) is 9.59 Å². The van der Waals surface area contributed by atoms with Gasteiger partial charge in [-0.25, -0.2) is 0 Å². The average Bonchev–Trinajstić information content (AvgIpc) is 3.24. The van der Waals surface area contributed by atoms with Gasteiger partial charge in [-0.1, -0.05) is 49.2 Å². The molecule has 0 bridgehead atoms. The number of amides is 2. The Balaban J connectivity index is 1.68. The van der Waals surface area contributed by atoms with Crippen LogP contribution >= 0.6 is 0 Å². The number of unbranched alkanes of at least 4 members (excludes halogenated alkanes) is 1. The van der Waals surface area contributed by atoms with Crippen molar-refractivity contribution in [1.29, 1.82) is 0 Å². The molecule has 31 heavy (non-hydrogen) atoms. The molecule has 1 atom stereocenters. The summed E-state index contributed by atoms with van der Waals surface area (Å²) in [4.78, 5) is 27.5. The minimum absolute atomic E-state index is 0.0450. The quantitative estimate of drug-likeness (QED) is 0.586. The lowest BCUT2D eigenvalue weighted by molar-refractivity contribution is -0.140. The Morgan fingerprint density at radius 3 is 2.52 bits per heavy atom. The normalized spacial score (nSPS) is 13.0. The van der Waals surface area contributed by atoms with E-state index in [0.29, 0.717) is 31.7 Å². The second-order valence-corrected chi connectivity index (χ2v) is 8.02. The number of benzene rings is 2. The van der Waals surface area contributed by atoms with Crippen molar-refractivity contribution in [2.45, 2.75) is 59.0 Å². The van der Waals surface area contributed by atoms with Crippen molar-refractivity contribution < 1.29 is 19.1 Å². The van der Waals surface area contributed by atoms with Gasteiger partial charge in [0, 0.05) is 19.5 Å². The highest BCUT2D eigenvalue weighted by atomic mass is 16.7. The highest BCUT2D eigenvalue weighted by Gasteiger charge is 2.26. The Morgan fingerprint density at radius 1 is 1.06 bits per heavy atom. The maximum atomic E-state index is 13.2. The summed E-state index contributed by atoms with van der Waals surface area (Å²) >= 11 is 0.